The largest absolute Gasteiger partial charge is 0.458 e. The van der Waals surface area contributed by atoms with Crippen LogP contribution in [0.3, 0.4) is 0 Å². The number of aliphatic hydroxyl groups is 1. The quantitative estimate of drug-likeness (QED) is 0.572. The molecule has 0 bridgehead atoms. The van der Waals surface area contributed by atoms with Crippen molar-refractivity contribution in [2.75, 3.05) is 0 Å². The van der Waals surface area contributed by atoms with Gasteiger partial charge in [0.2, 0.25) is 0 Å². The number of nitrogens with zero attached hydrogens (tertiary/aromatic N) is 1. The highest BCUT2D eigenvalue weighted by Crippen LogP contribution is 2.35. The van der Waals surface area contributed by atoms with Gasteiger partial charge in [-0.25, -0.2) is 4.79 Å². The highest BCUT2D eigenvalue weighted by atomic mass is 16.6. The molecule has 0 fully saturated rings. The summed E-state index contributed by atoms with van der Waals surface area (Å²) in [6.45, 7) is 10.8. The number of ether oxygens (including phenoxy) is 1. The molecule has 0 aliphatic rings. The number of hydrogen-bond acceptors (Lipinski definition) is 5. The molecule has 1 aromatic carbocycles. The van der Waals surface area contributed by atoms with Gasteiger partial charge in [0.25, 0.3) is 0 Å². The fourth-order valence-corrected chi connectivity index (χ4v) is 3.41. The fraction of sp³-hybridized carbons (Fsp3) is 0.360. The van der Waals surface area contributed by atoms with E-state index >= 15 is 0 Å². The molecule has 3 aromatic rings. The van der Waals surface area contributed by atoms with Crippen molar-refractivity contribution < 1.29 is 19.1 Å². The molecule has 0 aliphatic heterocycles. The first-order chi connectivity index (χ1) is 14.5. The maximum Gasteiger partial charge on any atom is 0.419 e. The number of carbonyl (C=O) groups excluding carboxylic acids is 1. The van der Waals surface area contributed by atoms with Gasteiger partial charge in [-0.15, -0.1) is 0 Å². The van der Waals surface area contributed by atoms with Crippen LogP contribution in [0.1, 0.15) is 51.5 Å². The molecule has 0 aliphatic carbocycles. The van der Waals surface area contributed by atoms with Crippen LogP contribution in [-0.2, 0) is 17.8 Å². The first-order valence-corrected chi connectivity index (χ1v) is 10.3. The molecule has 2 heterocycles. The smallest absolute Gasteiger partial charge is 0.419 e. The maximum atomic E-state index is 13.1. The van der Waals surface area contributed by atoms with Gasteiger partial charge in [0.15, 0.2) is 5.43 Å². The molecule has 1 N–H and O–H groups in total. The van der Waals surface area contributed by atoms with E-state index in [9.17, 15) is 14.7 Å². The molecule has 6 heteroatoms. The molecule has 0 radical (unpaired) electrons. The number of benzene rings is 1. The third-order valence-electron chi connectivity index (χ3n) is 4.87. The van der Waals surface area contributed by atoms with Crippen molar-refractivity contribution in [2.24, 2.45) is 0 Å². The Hall–Kier alpha value is -3.12. The Morgan fingerprint density at radius 3 is 2.58 bits per heavy atom. The zero-order valence-electron chi connectivity index (χ0n) is 18.9. The summed E-state index contributed by atoms with van der Waals surface area (Å²) >= 11 is 0. The molecular weight excluding hydrogens is 394 g/mol. The molecule has 0 amide bonds. The third-order valence-corrected chi connectivity index (χ3v) is 4.87. The van der Waals surface area contributed by atoms with E-state index in [1.165, 1.54) is 16.2 Å². The zero-order chi connectivity index (χ0) is 22.9. The van der Waals surface area contributed by atoms with Gasteiger partial charge in [-0.2, -0.15) is 0 Å². The van der Waals surface area contributed by atoms with Gasteiger partial charge >= 0.3 is 6.09 Å². The Morgan fingerprint density at radius 1 is 1.26 bits per heavy atom. The van der Waals surface area contributed by atoms with Crippen LogP contribution in [0.15, 0.2) is 51.3 Å². The van der Waals surface area contributed by atoms with Crippen molar-refractivity contribution in [3.05, 3.63) is 69.2 Å². The molecule has 0 saturated heterocycles. The lowest BCUT2D eigenvalue weighted by Gasteiger charge is -2.20. The van der Waals surface area contributed by atoms with E-state index in [2.05, 4.69) is 6.08 Å². The van der Waals surface area contributed by atoms with Crippen molar-refractivity contribution in [2.45, 2.75) is 60.2 Å². The van der Waals surface area contributed by atoms with Gasteiger partial charge < -0.3 is 14.3 Å². The minimum atomic E-state index is -0.665. The number of rotatable bonds is 4. The summed E-state index contributed by atoms with van der Waals surface area (Å²) in [6, 6.07) is 7.07. The second-order valence-electron chi connectivity index (χ2n) is 8.88. The number of fused-ring (bicyclic) bond motifs is 1. The lowest BCUT2D eigenvalue weighted by molar-refractivity contribution is 0.0544. The molecule has 3 rings (SSSR count). The van der Waals surface area contributed by atoms with Gasteiger partial charge in [0.1, 0.15) is 23.7 Å². The monoisotopic (exact) mass is 423 g/mol. The summed E-state index contributed by atoms with van der Waals surface area (Å²) < 4.78 is 13.0. The molecule has 31 heavy (non-hydrogen) atoms. The number of carbonyl (C=O) groups is 1. The van der Waals surface area contributed by atoms with E-state index < -0.39 is 11.7 Å². The van der Waals surface area contributed by atoms with E-state index in [0.717, 1.165) is 10.9 Å². The highest BCUT2D eigenvalue weighted by molar-refractivity contribution is 6.01. The van der Waals surface area contributed by atoms with E-state index in [-0.39, 0.29) is 17.8 Å². The molecule has 0 atom stereocenters. The van der Waals surface area contributed by atoms with Crippen LogP contribution in [0.25, 0.3) is 22.2 Å². The predicted octanol–water partition coefficient (Wildman–Crippen LogP) is 5.35. The number of allylic oxidation sites excluding steroid dienone is 2. The van der Waals surface area contributed by atoms with Gasteiger partial charge in [0, 0.05) is 28.8 Å². The zero-order valence-corrected chi connectivity index (χ0v) is 18.9. The minimum absolute atomic E-state index is 0.171. The lowest BCUT2D eigenvalue weighted by atomic mass is 10.0. The topological polar surface area (TPSA) is 81.7 Å². The summed E-state index contributed by atoms with van der Waals surface area (Å²) in [5.41, 5.74) is 2.95. The molecular formula is C25H29NO5. The van der Waals surface area contributed by atoms with E-state index in [0.29, 0.717) is 28.8 Å². The summed E-state index contributed by atoms with van der Waals surface area (Å²) in [7, 11) is 0. The number of aliphatic hydroxyl groups excluding tert-OH is 1. The Labute approximate surface area is 181 Å². The molecule has 0 spiro atoms. The van der Waals surface area contributed by atoms with Gasteiger partial charge in [-0.05, 0) is 53.5 Å². The normalized spacial score (nSPS) is 11.6. The van der Waals surface area contributed by atoms with E-state index in [4.69, 9.17) is 9.15 Å². The summed E-state index contributed by atoms with van der Waals surface area (Å²) in [5.74, 6) is 0.507. The third kappa shape index (κ3) is 4.80. The number of hydrogen-bond donors (Lipinski definition) is 1. The van der Waals surface area contributed by atoms with Crippen molar-refractivity contribution in [1.82, 2.24) is 4.57 Å². The SMILES string of the molecule is CC(C)=CCc1cccc2c(-c3oc(CO)cc(=O)c3C)cn(C(=O)OC(C)(C)C)c12. The van der Waals surface area contributed by atoms with Crippen molar-refractivity contribution >= 4 is 17.0 Å². The van der Waals surface area contributed by atoms with Gasteiger partial charge in [0.05, 0.1) is 5.52 Å². The molecule has 6 nitrogen and oxygen atoms in total. The van der Waals surface area contributed by atoms with Crippen LogP contribution in [0.2, 0.25) is 0 Å². The van der Waals surface area contributed by atoms with Crippen molar-refractivity contribution in [1.29, 1.82) is 0 Å². The Morgan fingerprint density at radius 2 is 1.97 bits per heavy atom. The van der Waals surface area contributed by atoms with Crippen molar-refractivity contribution in [3.8, 4) is 11.3 Å². The average Bonchev–Trinajstić information content (AvgIpc) is 3.07. The molecule has 0 saturated carbocycles. The Bertz CT molecular complexity index is 1220. The van der Waals surface area contributed by atoms with Crippen molar-refractivity contribution in [3.63, 3.8) is 0 Å². The van der Waals surface area contributed by atoms with Crippen LogP contribution in [0.4, 0.5) is 4.79 Å². The van der Waals surface area contributed by atoms with Crippen LogP contribution < -0.4 is 5.43 Å². The van der Waals surface area contributed by atoms with Crippen LogP contribution in [-0.4, -0.2) is 21.4 Å². The minimum Gasteiger partial charge on any atom is -0.458 e. The van der Waals surface area contributed by atoms with Crippen LogP contribution in [0, 0.1) is 6.92 Å². The second kappa shape index (κ2) is 8.55. The maximum absolute atomic E-state index is 13.1. The molecule has 164 valence electrons. The average molecular weight is 424 g/mol. The van der Waals surface area contributed by atoms with E-state index in [1.807, 2.05) is 52.8 Å². The summed E-state index contributed by atoms with van der Waals surface area (Å²) in [6.07, 6.45) is 3.88. The standard InChI is InChI=1S/C25H29NO5/c1-15(2)10-11-17-8-7-9-19-20(23-16(3)21(28)12-18(14-27)30-23)13-26(22(17)19)24(29)31-25(4,5)6/h7-10,12-13,27H,11,14H2,1-6H3. The highest BCUT2D eigenvalue weighted by Gasteiger charge is 2.24. The fourth-order valence-electron chi connectivity index (χ4n) is 3.41. The second-order valence-corrected chi connectivity index (χ2v) is 8.88. The predicted molar refractivity (Wildman–Crippen MR) is 121 cm³/mol. The Balaban J connectivity index is 2.33. The van der Waals surface area contributed by atoms with Gasteiger partial charge in [-0.1, -0.05) is 29.8 Å². The Kier molecular flexibility index (Phi) is 6.23. The van der Waals surface area contributed by atoms with Crippen LogP contribution in [0.5, 0.6) is 0 Å². The first-order valence-electron chi connectivity index (χ1n) is 10.3. The van der Waals surface area contributed by atoms with Crippen LogP contribution >= 0.6 is 0 Å². The van der Waals surface area contributed by atoms with E-state index in [1.54, 1.807) is 13.1 Å². The molecule has 2 aromatic heterocycles. The number of aromatic nitrogens is 1. The molecule has 0 unspecified atom stereocenters. The summed E-state index contributed by atoms with van der Waals surface area (Å²) in [5, 5.41) is 10.3. The lowest BCUT2D eigenvalue weighted by Crippen LogP contribution is -2.26. The number of para-hydroxylation sites is 1. The summed E-state index contributed by atoms with van der Waals surface area (Å²) in [4.78, 5) is 25.5. The first kappa shape index (κ1) is 22.6. The van der Waals surface area contributed by atoms with Gasteiger partial charge in [-0.3, -0.25) is 9.36 Å².